The van der Waals surface area contributed by atoms with E-state index >= 15 is 0 Å². The summed E-state index contributed by atoms with van der Waals surface area (Å²) < 4.78 is 5.14. The van der Waals surface area contributed by atoms with Gasteiger partial charge in [0.1, 0.15) is 6.07 Å². The molecule has 1 rings (SSSR count). The number of nitrogens with zero attached hydrogens (tertiary/aromatic N) is 4. The molecule has 7 heteroatoms. The highest BCUT2D eigenvalue weighted by Gasteiger charge is 2.15. The lowest BCUT2D eigenvalue weighted by molar-refractivity contribution is 0.139. The highest BCUT2D eigenvalue weighted by Crippen LogP contribution is 2.10. The van der Waals surface area contributed by atoms with Crippen molar-refractivity contribution < 1.29 is 9.53 Å². The molecule has 0 unspecified atom stereocenters. The Kier molecular flexibility index (Phi) is 7.09. The van der Waals surface area contributed by atoms with Crippen molar-refractivity contribution in [1.29, 1.82) is 5.26 Å². The first-order valence-corrected chi connectivity index (χ1v) is 7.36. The minimum atomic E-state index is -0.529. The van der Waals surface area contributed by atoms with Gasteiger partial charge in [-0.2, -0.15) is 10.2 Å². The summed E-state index contributed by atoms with van der Waals surface area (Å²) in [4.78, 5) is 19.8. The number of anilines is 1. The Balaban J connectivity index is 2.72. The second-order valence-electron chi connectivity index (χ2n) is 5.78. The molecular formula is C15H23N5O2. The maximum atomic E-state index is 11.9. The minimum Gasteiger partial charge on any atom is -0.448 e. The summed E-state index contributed by atoms with van der Waals surface area (Å²) >= 11 is 0. The molecule has 0 spiro atoms. The third kappa shape index (κ3) is 6.39. The number of carbonyl (C=O) groups excluding carboxylic acids is 1. The Hall–Kier alpha value is -2.36. The number of carbonyl (C=O) groups is 1. The minimum absolute atomic E-state index is 0.0567. The lowest BCUT2D eigenvalue weighted by Gasteiger charge is -2.25. The van der Waals surface area contributed by atoms with Gasteiger partial charge in [0, 0.05) is 18.8 Å². The molecule has 0 atom stereocenters. The lowest BCUT2D eigenvalue weighted by atomic mass is 10.1. The normalized spacial score (nSPS) is 10.4. The molecule has 1 aromatic heterocycles. The topological polar surface area (TPSA) is 91.1 Å². The van der Waals surface area contributed by atoms with Crippen molar-refractivity contribution in [1.82, 2.24) is 15.4 Å². The van der Waals surface area contributed by atoms with Gasteiger partial charge in [0.05, 0.1) is 6.61 Å². The Morgan fingerprint density at radius 2 is 2.14 bits per heavy atom. The van der Waals surface area contributed by atoms with Crippen LogP contribution < -0.4 is 10.4 Å². The number of nitriles is 1. The molecule has 0 fully saturated rings. The molecule has 0 saturated heterocycles. The van der Waals surface area contributed by atoms with Gasteiger partial charge in [-0.15, -0.1) is 0 Å². The third-order valence-electron chi connectivity index (χ3n) is 2.72. The zero-order chi connectivity index (χ0) is 16.5. The van der Waals surface area contributed by atoms with E-state index in [4.69, 9.17) is 10.00 Å². The number of hydrogen-bond acceptors (Lipinski definition) is 6. The van der Waals surface area contributed by atoms with E-state index in [0.717, 1.165) is 6.42 Å². The molecular weight excluding hydrogens is 282 g/mol. The smallest absolute Gasteiger partial charge is 0.426 e. The van der Waals surface area contributed by atoms with Crippen LogP contribution in [0.4, 0.5) is 10.6 Å². The zero-order valence-corrected chi connectivity index (χ0v) is 13.5. The van der Waals surface area contributed by atoms with E-state index in [2.05, 4.69) is 29.2 Å². The van der Waals surface area contributed by atoms with Crippen molar-refractivity contribution in [3.8, 4) is 6.07 Å². The van der Waals surface area contributed by atoms with E-state index < -0.39 is 6.09 Å². The number of amides is 1. The van der Waals surface area contributed by atoms with Gasteiger partial charge in [0.2, 0.25) is 5.82 Å². The molecule has 0 aromatic carbocycles. The van der Waals surface area contributed by atoms with E-state index in [1.165, 1.54) is 6.20 Å². The molecule has 1 amide bonds. The second-order valence-corrected chi connectivity index (χ2v) is 5.78. The Bertz CT molecular complexity index is 525. The molecule has 0 radical (unpaired) electrons. The molecule has 0 aliphatic rings. The molecule has 1 aromatic rings. The van der Waals surface area contributed by atoms with Crippen LogP contribution in [0, 0.1) is 23.2 Å². The molecule has 0 aliphatic heterocycles. The van der Waals surface area contributed by atoms with Crippen molar-refractivity contribution in [2.24, 2.45) is 11.8 Å². The van der Waals surface area contributed by atoms with Crippen LogP contribution >= 0.6 is 0 Å². The molecule has 0 bridgehead atoms. The van der Waals surface area contributed by atoms with Crippen LogP contribution in [0.15, 0.2) is 12.3 Å². The summed E-state index contributed by atoms with van der Waals surface area (Å²) in [5.74, 6) is 1.28. The van der Waals surface area contributed by atoms with Gasteiger partial charge in [-0.25, -0.2) is 15.2 Å². The van der Waals surface area contributed by atoms with Crippen LogP contribution in [0.25, 0.3) is 0 Å². The third-order valence-corrected chi connectivity index (χ3v) is 2.72. The van der Waals surface area contributed by atoms with Crippen molar-refractivity contribution in [3.63, 3.8) is 0 Å². The summed E-state index contributed by atoms with van der Waals surface area (Å²) in [6.45, 7) is 9.08. The molecule has 0 aliphatic carbocycles. The van der Waals surface area contributed by atoms with Crippen LogP contribution in [-0.2, 0) is 4.74 Å². The summed E-state index contributed by atoms with van der Waals surface area (Å²) in [6.07, 6.45) is 1.77. The highest BCUT2D eigenvalue weighted by molar-refractivity contribution is 5.69. The van der Waals surface area contributed by atoms with Crippen LogP contribution in [0.3, 0.4) is 0 Å². The van der Waals surface area contributed by atoms with E-state index in [1.54, 1.807) is 11.1 Å². The standard InChI is InChI=1S/C15H23N5O2/c1-11(2)6-8-22-15(21)19-20(10-12(3)4)14-5-7-17-13(9-16)18-14/h5,7,11-12H,6,8,10H2,1-4H3,(H,19,21). The van der Waals surface area contributed by atoms with Gasteiger partial charge < -0.3 is 4.74 Å². The van der Waals surface area contributed by atoms with E-state index in [9.17, 15) is 4.79 Å². The first-order chi connectivity index (χ1) is 10.4. The summed E-state index contributed by atoms with van der Waals surface area (Å²) in [6, 6.07) is 3.52. The molecule has 0 saturated carbocycles. The first kappa shape index (κ1) is 17.7. The summed E-state index contributed by atoms with van der Waals surface area (Å²) in [5.41, 5.74) is 2.66. The van der Waals surface area contributed by atoms with Gasteiger partial charge in [0.15, 0.2) is 5.82 Å². The maximum Gasteiger partial charge on any atom is 0.426 e. The summed E-state index contributed by atoms with van der Waals surface area (Å²) in [5, 5.41) is 10.4. The van der Waals surface area contributed by atoms with Crippen molar-refractivity contribution in [3.05, 3.63) is 18.1 Å². The maximum absolute atomic E-state index is 11.9. The number of rotatable bonds is 7. The number of hydrazine groups is 1. The number of nitrogens with one attached hydrogen (secondary N) is 1. The number of aromatic nitrogens is 2. The molecule has 7 nitrogen and oxygen atoms in total. The van der Waals surface area contributed by atoms with E-state index in [1.807, 2.05) is 19.9 Å². The monoisotopic (exact) mass is 305 g/mol. The average molecular weight is 305 g/mol. The SMILES string of the molecule is CC(C)CCOC(=O)NN(CC(C)C)c1ccnc(C#N)n1. The zero-order valence-electron chi connectivity index (χ0n) is 13.5. The van der Waals surface area contributed by atoms with E-state index in [0.29, 0.717) is 24.9 Å². The quantitative estimate of drug-likeness (QED) is 0.778. The lowest BCUT2D eigenvalue weighted by Crippen LogP contribution is -2.45. The predicted octanol–water partition coefficient (Wildman–Crippen LogP) is 2.50. The van der Waals surface area contributed by atoms with Gasteiger partial charge in [-0.1, -0.05) is 27.7 Å². The van der Waals surface area contributed by atoms with Crippen LogP contribution in [-0.4, -0.2) is 29.2 Å². The molecule has 120 valence electrons. The number of hydrogen-bond donors (Lipinski definition) is 1. The molecule has 22 heavy (non-hydrogen) atoms. The summed E-state index contributed by atoms with van der Waals surface area (Å²) in [7, 11) is 0. The van der Waals surface area contributed by atoms with Crippen LogP contribution in [0.5, 0.6) is 0 Å². The van der Waals surface area contributed by atoms with Crippen molar-refractivity contribution in [2.45, 2.75) is 34.1 Å². The fraction of sp³-hybridized carbons (Fsp3) is 0.600. The molecule has 1 N–H and O–H groups in total. The largest absolute Gasteiger partial charge is 0.448 e. The van der Waals surface area contributed by atoms with Crippen LogP contribution in [0.1, 0.15) is 39.9 Å². The second kappa shape index (κ2) is 8.82. The number of ether oxygens (including phenoxy) is 1. The van der Waals surface area contributed by atoms with Gasteiger partial charge in [-0.3, -0.25) is 5.01 Å². The van der Waals surface area contributed by atoms with Crippen molar-refractivity contribution in [2.75, 3.05) is 18.2 Å². The fourth-order valence-electron chi connectivity index (χ4n) is 1.64. The van der Waals surface area contributed by atoms with Gasteiger partial charge in [0.25, 0.3) is 0 Å². The van der Waals surface area contributed by atoms with E-state index in [-0.39, 0.29) is 11.7 Å². The van der Waals surface area contributed by atoms with Crippen LogP contribution in [0.2, 0.25) is 0 Å². The molecule has 1 heterocycles. The average Bonchev–Trinajstić information content (AvgIpc) is 2.45. The van der Waals surface area contributed by atoms with Crippen molar-refractivity contribution >= 4 is 11.9 Å². The highest BCUT2D eigenvalue weighted by atomic mass is 16.6. The fourth-order valence-corrected chi connectivity index (χ4v) is 1.64. The van der Waals surface area contributed by atoms with Gasteiger partial charge >= 0.3 is 6.09 Å². The Morgan fingerprint density at radius 3 is 2.73 bits per heavy atom. The Morgan fingerprint density at radius 1 is 1.41 bits per heavy atom. The first-order valence-electron chi connectivity index (χ1n) is 7.36. The predicted molar refractivity (Wildman–Crippen MR) is 82.9 cm³/mol. The Labute approximate surface area is 131 Å². The van der Waals surface area contributed by atoms with Gasteiger partial charge in [-0.05, 0) is 18.3 Å².